The number of aliphatic hydroxyl groups is 1. The number of anilines is 2. The average Bonchev–Trinajstić information content (AvgIpc) is 2.60. The Bertz CT molecular complexity index is 485. The third-order valence-electron chi connectivity index (χ3n) is 3.57. The highest BCUT2D eigenvalue weighted by Crippen LogP contribution is 2.37. The number of hydrogen-bond donors (Lipinski definition) is 1. The molecule has 104 valence electrons. The molecule has 1 heterocycles. The minimum absolute atomic E-state index is 0.251. The molecule has 2 rings (SSSR count). The van der Waals surface area contributed by atoms with Crippen LogP contribution in [-0.4, -0.2) is 31.2 Å². The van der Waals surface area contributed by atoms with Crippen molar-refractivity contribution in [2.45, 2.75) is 26.9 Å². The van der Waals surface area contributed by atoms with Crippen LogP contribution in [0.15, 0.2) is 18.2 Å². The number of carbonyl (C=O) groups is 1. The van der Waals surface area contributed by atoms with Crippen molar-refractivity contribution < 1.29 is 9.90 Å². The van der Waals surface area contributed by atoms with Crippen molar-refractivity contribution in [1.29, 1.82) is 0 Å². The Labute approximate surface area is 114 Å². The van der Waals surface area contributed by atoms with Gasteiger partial charge in [0.1, 0.15) is 0 Å². The van der Waals surface area contributed by atoms with E-state index in [-0.39, 0.29) is 5.91 Å². The first-order chi connectivity index (χ1) is 8.95. The van der Waals surface area contributed by atoms with E-state index in [0.29, 0.717) is 11.5 Å². The van der Waals surface area contributed by atoms with Gasteiger partial charge in [0.15, 0.2) is 6.10 Å². The Morgan fingerprint density at radius 3 is 2.68 bits per heavy atom. The lowest BCUT2D eigenvalue weighted by atomic mass is 10.1. The largest absolute Gasteiger partial charge is 0.378 e. The van der Waals surface area contributed by atoms with E-state index in [1.807, 2.05) is 18.2 Å². The van der Waals surface area contributed by atoms with Crippen LogP contribution in [0.2, 0.25) is 0 Å². The third kappa shape index (κ3) is 2.45. The maximum absolute atomic E-state index is 11.8. The summed E-state index contributed by atoms with van der Waals surface area (Å²) in [5.74, 6) is 0.331. The molecule has 1 unspecified atom stereocenters. The second-order valence-corrected chi connectivity index (χ2v) is 5.48. The Morgan fingerprint density at radius 2 is 2.11 bits per heavy atom. The molecule has 1 aliphatic rings. The summed E-state index contributed by atoms with van der Waals surface area (Å²) in [7, 11) is 1.71. The fourth-order valence-corrected chi connectivity index (χ4v) is 2.54. The zero-order valence-electron chi connectivity index (χ0n) is 12.1. The van der Waals surface area contributed by atoms with Crippen LogP contribution >= 0.6 is 0 Å². The Kier molecular flexibility index (Phi) is 3.80. The third-order valence-corrected chi connectivity index (χ3v) is 3.57. The molecule has 0 aromatic heterocycles. The predicted molar refractivity (Wildman–Crippen MR) is 77.5 cm³/mol. The van der Waals surface area contributed by atoms with E-state index in [1.165, 1.54) is 4.90 Å². The molecule has 1 aliphatic heterocycles. The maximum atomic E-state index is 11.8. The molecule has 0 fully saturated rings. The lowest BCUT2D eigenvalue weighted by Gasteiger charge is -2.26. The highest BCUT2D eigenvalue weighted by molar-refractivity contribution is 6.03. The van der Waals surface area contributed by atoms with Gasteiger partial charge < -0.3 is 14.9 Å². The molecule has 1 amide bonds. The summed E-state index contributed by atoms with van der Waals surface area (Å²) in [4.78, 5) is 15.6. The molecule has 0 saturated carbocycles. The van der Waals surface area contributed by atoms with Gasteiger partial charge in [-0.25, -0.2) is 0 Å². The van der Waals surface area contributed by atoms with Crippen molar-refractivity contribution in [3.05, 3.63) is 23.8 Å². The normalized spacial score (nSPS) is 18.1. The molecule has 1 aromatic carbocycles. The van der Waals surface area contributed by atoms with E-state index in [2.05, 4.69) is 25.7 Å². The number of aliphatic hydroxyl groups excluding tert-OH is 1. The molecule has 4 nitrogen and oxygen atoms in total. The summed E-state index contributed by atoms with van der Waals surface area (Å²) >= 11 is 0. The molecule has 0 bridgehead atoms. The van der Waals surface area contributed by atoms with E-state index in [0.717, 1.165) is 24.5 Å². The van der Waals surface area contributed by atoms with Crippen LogP contribution in [0.25, 0.3) is 0 Å². The van der Waals surface area contributed by atoms with Gasteiger partial charge in [-0.05, 0) is 25.0 Å². The fraction of sp³-hybridized carbons (Fsp3) is 0.533. The highest BCUT2D eigenvalue weighted by atomic mass is 16.3. The second-order valence-electron chi connectivity index (χ2n) is 5.48. The zero-order valence-corrected chi connectivity index (χ0v) is 12.1. The molecule has 19 heavy (non-hydrogen) atoms. The van der Waals surface area contributed by atoms with E-state index in [1.54, 1.807) is 7.05 Å². The van der Waals surface area contributed by atoms with Gasteiger partial charge in [-0.1, -0.05) is 19.9 Å². The van der Waals surface area contributed by atoms with Gasteiger partial charge in [0.2, 0.25) is 0 Å². The maximum Gasteiger partial charge on any atom is 0.260 e. The number of fused-ring (bicyclic) bond motifs is 1. The van der Waals surface area contributed by atoms with Crippen molar-refractivity contribution in [3.63, 3.8) is 0 Å². The molecule has 1 aromatic rings. The van der Waals surface area contributed by atoms with Crippen molar-refractivity contribution in [3.8, 4) is 0 Å². The van der Waals surface area contributed by atoms with Crippen molar-refractivity contribution in [1.82, 2.24) is 0 Å². The van der Waals surface area contributed by atoms with Crippen LogP contribution in [0, 0.1) is 5.92 Å². The van der Waals surface area contributed by atoms with Crippen LogP contribution in [0.3, 0.4) is 0 Å². The SMILES string of the molecule is CCN(CC(C)C)c1ccc2c(c1)N(C)C(=O)C2O. The quantitative estimate of drug-likeness (QED) is 0.904. The Morgan fingerprint density at radius 1 is 1.42 bits per heavy atom. The molecule has 4 heteroatoms. The van der Waals surface area contributed by atoms with Gasteiger partial charge in [0.05, 0.1) is 5.69 Å². The number of rotatable bonds is 4. The van der Waals surface area contributed by atoms with Gasteiger partial charge in [0.25, 0.3) is 5.91 Å². The highest BCUT2D eigenvalue weighted by Gasteiger charge is 2.33. The lowest BCUT2D eigenvalue weighted by molar-refractivity contribution is -0.125. The molecule has 1 atom stereocenters. The molecular weight excluding hydrogens is 240 g/mol. The van der Waals surface area contributed by atoms with Crippen molar-refractivity contribution >= 4 is 17.3 Å². The zero-order chi connectivity index (χ0) is 14.2. The lowest BCUT2D eigenvalue weighted by Crippen LogP contribution is -2.27. The average molecular weight is 262 g/mol. The summed E-state index contributed by atoms with van der Waals surface area (Å²) in [6.07, 6.45) is -1.01. The van der Waals surface area contributed by atoms with Gasteiger partial charge in [-0.15, -0.1) is 0 Å². The number of hydrogen-bond acceptors (Lipinski definition) is 3. The summed E-state index contributed by atoms with van der Waals surface area (Å²) in [5.41, 5.74) is 2.62. The first-order valence-corrected chi connectivity index (χ1v) is 6.80. The predicted octanol–water partition coefficient (Wildman–Crippen LogP) is 2.18. The Balaban J connectivity index is 2.34. The minimum Gasteiger partial charge on any atom is -0.378 e. The number of benzene rings is 1. The van der Waals surface area contributed by atoms with E-state index < -0.39 is 6.10 Å². The first kappa shape index (κ1) is 13.9. The second kappa shape index (κ2) is 5.21. The topological polar surface area (TPSA) is 43.8 Å². The fourth-order valence-electron chi connectivity index (χ4n) is 2.54. The number of likely N-dealkylation sites (N-methyl/N-ethyl adjacent to an activating group) is 1. The van der Waals surface area contributed by atoms with Crippen LogP contribution in [-0.2, 0) is 4.79 Å². The van der Waals surface area contributed by atoms with Gasteiger partial charge in [-0.2, -0.15) is 0 Å². The first-order valence-electron chi connectivity index (χ1n) is 6.80. The number of nitrogens with zero attached hydrogens (tertiary/aromatic N) is 2. The van der Waals surface area contributed by atoms with Crippen LogP contribution in [0.4, 0.5) is 11.4 Å². The molecule has 0 spiro atoms. The smallest absolute Gasteiger partial charge is 0.260 e. The molecule has 0 aliphatic carbocycles. The summed E-state index contributed by atoms with van der Waals surface area (Å²) in [5, 5.41) is 9.85. The standard InChI is InChI=1S/C15H22N2O2/c1-5-17(9-10(2)3)11-6-7-12-13(8-11)16(4)15(19)14(12)18/h6-8,10,14,18H,5,9H2,1-4H3. The monoisotopic (exact) mass is 262 g/mol. The van der Waals surface area contributed by atoms with Crippen LogP contribution < -0.4 is 9.80 Å². The number of amides is 1. The van der Waals surface area contributed by atoms with Gasteiger partial charge in [0, 0.05) is 31.4 Å². The Hall–Kier alpha value is -1.55. The molecular formula is C15H22N2O2. The summed E-state index contributed by atoms with van der Waals surface area (Å²) in [6.45, 7) is 8.41. The number of carbonyl (C=O) groups excluding carboxylic acids is 1. The molecule has 1 N–H and O–H groups in total. The van der Waals surface area contributed by atoms with E-state index in [4.69, 9.17) is 0 Å². The van der Waals surface area contributed by atoms with Crippen molar-refractivity contribution in [2.24, 2.45) is 5.92 Å². The van der Waals surface area contributed by atoms with Gasteiger partial charge >= 0.3 is 0 Å². The van der Waals surface area contributed by atoms with Gasteiger partial charge in [-0.3, -0.25) is 4.79 Å². The van der Waals surface area contributed by atoms with Crippen LogP contribution in [0.1, 0.15) is 32.4 Å². The summed E-state index contributed by atoms with van der Waals surface area (Å²) in [6, 6.07) is 5.84. The van der Waals surface area contributed by atoms with E-state index in [9.17, 15) is 9.90 Å². The van der Waals surface area contributed by atoms with E-state index >= 15 is 0 Å². The molecule has 0 radical (unpaired) electrons. The minimum atomic E-state index is -1.01. The van der Waals surface area contributed by atoms with Crippen molar-refractivity contribution in [2.75, 3.05) is 29.9 Å². The summed E-state index contributed by atoms with van der Waals surface area (Å²) < 4.78 is 0. The van der Waals surface area contributed by atoms with Crippen LogP contribution in [0.5, 0.6) is 0 Å². The molecule has 0 saturated heterocycles.